The third kappa shape index (κ3) is 3.31. The van der Waals surface area contributed by atoms with Gasteiger partial charge >= 0.3 is 7.60 Å². The average Bonchev–Trinajstić information content (AvgIpc) is 2.59. The molecular formula is C8H10O6PS-. The van der Waals surface area contributed by atoms with E-state index in [1.807, 2.05) is 0 Å². The van der Waals surface area contributed by atoms with Crippen LogP contribution in [-0.2, 0) is 15.8 Å². The van der Waals surface area contributed by atoms with E-state index < -0.39 is 19.2 Å². The van der Waals surface area contributed by atoms with Gasteiger partial charge in [-0.15, -0.1) is 11.3 Å². The molecule has 0 radical (unpaired) electrons. The van der Waals surface area contributed by atoms with Gasteiger partial charge in [0, 0.05) is 16.7 Å². The molecule has 0 fully saturated rings. The Hall–Kier alpha value is -0.880. The first kappa shape index (κ1) is 13.2. The van der Waals surface area contributed by atoms with E-state index in [4.69, 9.17) is 14.5 Å². The van der Waals surface area contributed by atoms with Crippen molar-refractivity contribution >= 4 is 24.9 Å². The van der Waals surface area contributed by atoms with Crippen molar-refractivity contribution in [3.63, 3.8) is 0 Å². The van der Waals surface area contributed by atoms with Crippen LogP contribution in [-0.4, -0.2) is 28.5 Å². The summed E-state index contributed by atoms with van der Waals surface area (Å²) in [5.74, 6) is -1.22. The van der Waals surface area contributed by atoms with Crippen molar-refractivity contribution in [3.8, 4) is 5.75 Å². The first-order chi connectivity index (χ1) is 7.34. The minimum atomic E-state index is -4.69. The normalized spacial score (nSPS) is 13.4. The highest BCUT2D eigenvalue weighted by Crippen LogP contribution is 2.43. The molecule has 0 amide bonds. The number of carbonyl (C=O) groups excluding carboxylic acids is 1. The lowest BCUT2D eigenvalue weighted by Crippen LogP contribution is -2.36. The summed E-state index contributed by atoms with van der Waals surface area (Å²) in [7, 11) is -3.24. The molecule has 1 aromatic rings. The number of methoxy groups -OCH3 is 1. The van der Waals surface area contributed by atoms with E-state index in [1.165, 1.54) is 24.5 Å². The van der Waals surface area contributed by atoms with Crippen LogP contribution in [0, 0.1) is 0 Å². The minimum Gasteiger partial charge on any atom is -0.549 e. The predicted octanol–water partition coefficient (Wildman–Crippen LogP) is -0.405. The third-order valence-corrected chi connectivity index (χ3v) is 4.08. The van der Waals surface area contributed by atoms with Gasteiger partial charge in [-0.1, -0.05) is 0 Å². The first-order valence-electron chi connectivity index (χ1n) is 4.22. The maximum absolute atomic E-state index is 10.9. The van der Waals surface area contributed by atoms with Crippen LogP contribution in [0.25, 0.3) is 0 Å². The number of carboxylic acid groups (broad SMARTS) is 1. The fraction of sp³-hybridized carbons (Fsp3) is 0.375. The van der Waals surface area contributed by atoms with Crippen molar-refractivity contribution < 1.29 is 29.0 Å². The molecule has 90 valence electrons. The summed E-state index contributed by atoms with van der Waals surface area (Å²) in [5, 5.41) is 12.2. The number of carboxylic acids is 1. The Balaban J connectivity index is 2.84. The SMILES string of the molecule is COc1csc(CC(C(=O)[O-])P(=O)(O)O)c1. The van der Waals surface area contributed by atoms with Gasteiger partial charge in [0.15, 0.2) is 0 Å². The lowest BCUT2D eigenvalue weighted by Gasteiger charge is -2.18. The summed E-state index contributed by atoms with van der Waals surface area (Å²) in [5.41, 5.74) is -1.81. The van der Waals surface area contributed by atoms with Crippen LogP contribution in [0.1, 0.15) is 4.88 Å². The van der Waals surface area contributed by atoms with Crippen molar-refractivity contribution in [2.24, 2.45) is 0 Å². The van der Waals surface area contributed by atoms with Crippen molar-refractivity contribution in [2.45, 2.75) is 12.1 Å². The second kappa shape index (κ2) is 4.97. The Kier molecular flexibility index (Phi) is 4.09. The summed E-state index contributed by atoms with van der Waals surface area (Å²) in [6.45, 7) is 0. The van der Waals surface area contributed by atoms with Crippen LogP contribution in [0.3, 0.4) is 0 Å². The van der Waals surface area contributed by atoms with Gasteiger partial charge in [0.2, 0.25) is 0 Å². The smallest absolute Gasteiger partial charge is 0.334 e. The predicted molar refractivity (Wildman–Crippen MR) is 55.4 cm³/mol. The van der Waals surface area contributed by atoms with E-state index in [-0.39, 0.29) is 6.42 Å². The number of aliphatic carboxylic acids is 1. The van der Waals surface area contributed by atoms with Crippen LogP contribution < -0.4 is 9.84 Å². The molecule has 0 saturated carbocycles. The van der Waals surface area contributed by atoms with Gasteiger partial charge in [0.05, 0.1) is 13.1 Å². The molecule has 1 aromatic heterocycles. The van der Waals surface area contributed by atoms with Crippen molar-refractivity contribution in [1.82, 2.24) is 0 Å². The number of hydrogen-bond acceptors (Lipinski definition) is 5. The summed E-state index contributed by atoms with van der Waals surface area (Å²) < 4.78 is 15.8. The highest BCUT2D eigenvalue weighted by Gasteiger charge is 2.30. The molecule has 1 heterocycles. The highest BCUT2D eigenvalue weighted by atomic mass is 32.1. The maximum atomic E-state index is 10.9. The number of thiophene rings is 1. The molecule has 0 aliphatic heterocycles. The monoisotopic (exact) mass is 265 g/mol. The average molecular weight is 265 g/mol. The van der Waals surface area contributed by atoms with Gasteiger partial charge in [0.1, 0.15) is 11.4 Å². The molecule has 1 atom stereocenters. The Bertz CT molecular complexity index is 422. The zero-order valence-electron chi connectivity index (χ0n) is 8.32. The largest absolute Gasteiger partial charge is 0.549 e. The molecule has 0 saturated heterocycles. The second-order valence-corrected chi connectivity index (χ2v) is 5.88. The van der Waals surface area contributed by atoms with Gasteiger partial charge in [-0.2, -0.15) is 0 Å². The van der Waals surface area contributed by atoms with Crippen molar-refractivity contribution in [2.75, 3.05) is 7.11 Å². The van der Waals surface area contributed by atoms with E-state index in [0.717, 1.165) is 0 Å². The zero-order valence-corrected chi connectivity index (χ0v) is 10.0. The third-order valence-electron chi connectivity index (χ3n) is 1.94. The Morgan fingerprint density at radius 3 is 2.69 bits per heavy atom. The van der Waals surface area contributed by atoms with E-state index in [2.05, 4.69) is 0 Å². The molecule has 1 unspecified atom stereocenters. The summed E-state index contributed by atoms with van der Waals surface area (Å²) >= 11 is 1.18. The van der Waals surface area contributed by atoms with Gasteiger partial charge in [0.25, 0.3) is 0 Å². The van der Waals surface area contributed by atoms with Crippen LogP contribution in [0.4, 0.5) is 0 Å². The van der Waals surface area contributed by atoms with E-state index in [9.17, 15) is 14.5 Å². The standard InChI is InChI=1S/C8H11O6PS/c1-14-5-2-6(16-4-5)3-7(8(9)10)15(11,12)13/h2,4,7H,3H2,1H3,(H,9,10)(H2,11,12,13)/p-1. The van der Waals surface area contributed by atoms with Gasteiger partial charge in [-0.3, -0.25) is 4.57 Å². The molecule has 0 aliphatic carbocycles. The van der Waals surface area contributed by atoms with E-state index in [0.29, 0.717) is 10.6 Å². The highest BCUT2D eigenvalue weighted by molar-refractivity contribution is 7.53. The van der Waals surface area contributed by atoms with Gasteiger partial charge in [-0.05, 0) is 6.07 Å². The number of rotatable bonds is 5. The fourth-order valence-electron chi connectivity index (χ4n) is 1.10. The molecule has 16 heavy (non-hydrogen) atoms. The van der Waals surface area contributed by atoms with E-state index >= 15 is 0 Å². The number of hydrogen-bond donors (Lipinski definition) is 2. The Labute approximate surface area is 95.7 Å². The van der Waals surface area contributed by atoms with Crippen molar-refractivity contribution in [1.29, 1.82) is 0 Å². The zero-order chi connectivity index (χ0) is 12.3. The van der Waals surface area contributed by atoms with Crippen LogP contribution >= 0.6 is 18.9 Å². The van der Waals surface area contributed by atoms with Gasteiger partial charge in [-0.25, -0.2) is 0 Å². The molecule has 1 rings (SSSR count). The molecule has 0 aromatic carbocycles. The number of ether oxygens (including phenoxy) is 1. The van der Waals surface area contributed by atoms with Crippen LogP contribution in [0.2, 0.25) is 0 Å². The summed E-state index contributed by atoms with van der Waals surface area (Å²) in [6.07, 6.45) is -0.263. The molecule has 8 heteroatoms. The Morgan fingerprint density at radius 2 is 2.31 bits per heavy atom. The first-order valence-corrected chi connectivity index (χ1v) is 6.78. The molecular weight excluding hydrogens is 255 g/mol. The topological polar surface area (TPSA) is 107 Å². The van der Waals surface area contributed by atoms with E-state index in [1.54, 1.807) is 5.38 Å². The molecule has 6 nitrogen and oxygen atoms in total. The fourth-order valence-corrected chi connectivity index (χ4v) is 2.82. The van der Waals surface area contributed by atoms with Gasteiger partial charge < -0.3 is 24.4 Å². The molecule has 0 spiro atoms. The lowest BCUT2D eigenvalue weighted by atomic mass is 10.2. The second-order valence-electron chi connectivity index (χ2n) is 3.08. The number of carbonyl (C=O) groups is 1. The Morgan fingerprint density at radius 1 is 1.69 bits per heavy atom. The van der Waals surface area contributed by atoms with Crippen LogP contribution in [0.15, 0.2) is 11.4 Å². The van der Waals surface area contributed by atoms with Crippen LogP contribution in [0.5, 0.6) is 5.75 Å². The van der Waals surface area contributed by atoms with Crippen molar-refractivity contribution in [3.05, 3.63) is 16.3 Å². The minimum absolute atomic E-state index is 0.263. The lowest BCUT2D eigenvalue weighted by molar-refractivity contribution is -0.305. The molecule has 0 bridgehead atoms. The maximum Gasteiger partial charge on any atom is 0.334 e. The molecule has 2 N–H and O–H groups in total. The molecule has 0 aliphatic rings. The quantitative estimate of drug-likeness (QED) is 0.701. The summed E-state index contributed by atoms with van der Waals surface area (Å²) in [4.78, 5) is 28.8. The summed E-state index contributed by atoms with van der Waals surface area (Å²) in [6, 6.07) is 1.54.